The van der Waals surface area contributed by atoms with E-state index in [0.717, 1.165) is 16.9 Å². The molecule has 0 aliphatic carbocycles. The van der Waals surface area contributed by atoms with Crippen molar-refractivity contribution in [1.82, 2.24) is 0 Å². The van der Waals surface area contributed by atoms with Crippen LogP contribution in [0.1, 0.15) is 25.0 Å². The van der Waals surface area contributed by atoms with Gasteiger partial charge in [-0.15, -0.1) is 0 Å². The molecule has 4 N–H and O–H groups in total. The van der Waals surface area contributed by atoms with Gasteiger partial charge in [0, 0.05) is 5.57 Å². The van der Waals surface area contributed by atoms with E-state index in [1.807, 2.05) is 39.0 Å². The van der Waals surface area contributed by atoms with E-state index in [2.05, 4.69) is 6.58 Å². The summed E-state index contributed by atoms with van der Waals surface area (Å²) in [6.45, 7) is 10.0. The van der Waals surface area contributed by atoms with E-state index in [0.29, 0.717) is 12.2 Å². The predicted octanol–water partition coefficient (Wildman–Crippen LogP) is 2.94. The molecule has 0 unspecified atom stereocenters. The molecule has 0 saturated heterocycles. The van der Waals surface area contributed by atoms with Crippen molar-refractivity contribution >= 4 is 5.84 Å². The maximum atomic E-state index is 8.90. The Morgan fingerprint density at radius 3 is 2.50 bits per heavy atom. The highest BCUT2D eigenvalue weighted by Gasteiger charge is 1.97. The quantitative estimate of drug-likeness (QED) is 0.439. The second-order valence-electron chi connectivity index (χ2n) is 4.18. The van der Waals surface area contributed by atoms with E-state index >= 15 is 0 Å². The Morgan fingerprint density at radius 1 is 1.45 bits per heavy atom. The van der Waals surface area contributed by atoms with Crippen LogP contribution in [0.5, 0.6) is 5.75 Å². The summed E-state index contributed by atoms with van der Waals surface area (Å²) in [5.74, 6) is 0.865. The largest absolute Gasteiger partial charge is 0.494 e. The molecule has 0 heterocycles. The second-order valence-corrected chi connectivity index (χ2v) is 4.18. The Balaban J connectivity index is 0.000000396. The number of rotatable bonds is 5. The third kappa shape index (κ3) is 7.38. The number of amidine groups is 1. The Bertz CT molecular complexity index is 479. The van der Waals surface area contributed by atoms with E-state index in [4.69, 9.17) is 21.0 Å². The van der Waals surface area contributed by atoms with Crippen molar-refractivity contribution in [1.29, 1.82) is 5.41 Å². The van der Waals surface area contributed by atoms with E-state index in [9.17, 15) is 0 Å². The molecule has 0 saturated carbocycles. The monoisotopic (exact) mass is 276 g/mol. The minimum atomic E-state index is 0.0306. The Labute approximate surface area is 121 Å². The molecular weight excluding hydrogens is 252 g/mol. The van der Waals surface area contributed by atoms with Crippen molar-refractivity contribution in [3.05, 3.63) is 53.6 Å². The first kappa shape index (κ1) is 17.9. The average molecular weight is 276 g/mol. The van der Waals surface area contributed by atoms with Gasteiger partial charge >= 0.3 is 0 Å². The molecular formula is C16H24N2O2. The molecule has 1 aromatic rings. The molecule has 0 radical (unpaired) electrons. The third-order valence-electron chi connectivity index (χ3n) is 2.32. The Kier molecular flexibility index (Phi) is 8.79. The van der Waals surface area contributed by atoms with Crippen LogP contribution in [0.4, 0.5) is 0 Å². The van der Waals surface area contributed by atoms with Crippen LogP contribution < -0.4 is 10.5 Å². The summed E-state index contributed by atoms with van der Waals surface area (Å²) in [6, 6.07) is 5.77. The summed E-state index contributed by atoms with van der Waals surface area (Å²) >= 11 is 0. The van der Waals surface area contributed by atoms with Crippen molar-refractivity contribution in [3.63, 3.8) is 0 Å². The molecule has 0 amide bonds. The Morgan fingerprint density at radius 2 is 2.10 bits per heavy atom. The molecule has 110 valence electrons. The number of allylic oxidation sites excluding steroid dienone is 1. The van der Waals surface area contributed by atoms with Gasteiger partial charge in [-0.25, -0.2) is 0 Å². The molecule has 1 aromatic carbocycles. The average Bonchev–Trinajstić information content (AvgIpc) is 2.39. The molecule has 0 aliphatic heterocycles. The highest BCUT2D eigenvalue weighted by atomic mass is 16.5. The third-order valence-corrected chi connectivity index (χ3v) is 2.32. The molecule has 0 bridgehead atoms. The van der Waals surface area contributed by atoms with E-state index < -0.39 is 0 Å². The fourth-order valence-electron chi connectivity index (χ4n) is 1.46. The number of aliphatic hydroxyl groups excluding tert-OH is 1. The zero-order valence-corrected chi connectivity index (χ0v) is 12.4. The summed E-state index contributed by atoms with van der Waals surface area (Å²) in [6.07, 6.45) is 3.49. The molecule has 0 aliphatic rings. The summed E-state index contributed by atoms with van der Waals surface area (Å²) < 4.78 is 5.32. The fraction of sp³-hybridized carbons (Fsp3) is 0.312. The van der Waals surface area contributed by atoms with Gasteiger partial charge in [0.1, 0.15) is 11.6 Å². The van der Waals surface area contributed by atoms with Crippen LogP contribution >= 0.6 is 0 Å². The minimum Gasteiger partial charge on any atom is -0.494 e. The lowest BCUT2D eigenvalue weighted by Crippen LogP contribution is -2.09. The summed E-state index contributed by atoms with van der Waals surface area (Å²) in [7, 11) is 0. The lowest BCUT2D eigenvalue weighted by Gasteiger charge is -2.05. The topological polar surface area (TPSA) is 79.3 Å². The number of aliphatic hydroxyl groups is 1. The predicted molar refractivity (Wildman–Crippen MR) is 84.1 cm³/mol. The first-order valence-corrected chi connectivity index (χ1v) is 6.44. The molecule has 0 spiro atoms. The smallest absolute Gasteiger partial charge is 0.122 e. The summed E-state index contributed by atoms with van der Waals surface area (Å²) in [5.41, 5.74) is 7.63. The van der Waals surface area contributed by atoms with Gasteiger partial charge in [-0.3, -0.25) is 5.41 Å². The van der Waals surface area contributed by atoms with Crippen molar-refractivity contribution in [2.24, 2.45) is 5.73 Å². The molecule has 0 aromatic heterocycles. The number of hydrogen-bond acceptors (Lipinski definition) is 3. The van der Waals surface area contributed by atoms with Crippen LogP contribution in [0, 0.1) is 12.3 Å². The number of nitrogens with one attached hydrogen (secondary N) is 1. The van der Waals surface area contributed by atoms with Crippen molar-refractivity contribution < 1.29 is 9.84 Å². The molecule has 1 rings (SSSR count). The fourth-order valence-corrected chi connectivity index (χ4v) is 1.46. The van der Waals surface area contributed by atoms with Crippen LogP contribution in [0.25, 0.3) is 0 Å². The van der Waals surface area contributed by atoms with Crippen LogP contribution in [-0.4, -0.2) is 17.5 Å². The molecule has 0 fully saturated rings. The molecule has 0 atom stereocenters. The van der Waals surface area contributed by atoms with E-state index in [1.54, 1.807) is 12.2 Å². The first-order chi connectivity index (χ1) is 9.44. The maximum Gasteiger partial charge on any atom is 0.122 e. The standard InChI is InChI=1S/C10H14O2.C6H10N2/c1-3-12-10-5-8(2)4-9(6-10)7-11;1-3-4-5(2)6(7)8/h4-6,11H,3,7H2,1-2H3;3-4H,2H2,1H3,(H3,7,8)/b;4-3-. The van der Waals surface area contributed by atoms with E-state index in [1.165, 1.54) is 0 Å². The van der Waals surface area contributed by atoms with Crippen LogP contribution in [0.15, 0.2) is 42.5 Å². The van der Waals surface area contributed by atoms with Crippen LogP contribution in [0.3, 0.4) is 0 Å². The molecule has 4 nitrogen and oxygen atoms in total. The maximum absolute atomic E-state index is 8.90. The highest BCUT2D eigenvalue weighted by molar-refractivity contribution is 5.96. The summed E-state index contributed by atoms with van der Waals surface area (Å²) in [4.78, 5) is 0. The molecule has 4 heteroatoms. The van der Waals surface area contributed by atoms with Gasteiger partial charge in [-0.05, 0) is 44.0 Å². The van der Waals surface area contributed by atoms with Gasteiger partial charge in [0.25, 0.3) is 0 Å². The number of ether oxygens (including phenoxy) is 1. The number of nitrogens with two attached hydrogens (primary N) is 1. The number of benzene rings is 1. The van der Waals surface area contributed by atoms with Gasteiger partial charge in [0.15, 0.2) is 0 Å². The van der Waals surface area contributed by atoms with Gasteiger partial charge in [0.2, 0.25) is 0 Å². The first-order valence-electron chi connectivity index (χ1n) is 6.44. The van der Waals surface area contributed by atoms with Gasteiger partial charge in [0.05, 0.1) is 13.2 Å². The lowest BCUT2D eigenvalue weighted by molar-refractivity contribution is 0.280. The van der Waals surface area contributed by atoms with Crippen LogP contribution in [0.2, 0.25) is 0 Å². The number of hydrogen-bond donors (Lipinski definition) is 3. The van der Waals surface area contributed by atoms with Crippen molar-refractivity contribution in [2.45, 2.75) is 27.4 Å². The zero-order chi connectivity index (χ0) is 15.5. The lowest BCUT2D eigenvalue weighted by atomic mass is 10.1. The Hall–Kier alpha value is -2.07. The SMILES string of the molecule is C=C(/C=C\C)C(=N)N.CCOc1cc(C)cc(CO)c1. The van der Waals surface area contributed by atoms with Gasteiger partial charge < -0.3 is 15.6 Å². The van der Waals surface area contributed by atoms with Crippen molar-refractivity contribution in [2.75, 3.05) is 6.61 Å². The summed E-state index contributed by atoms with van der Waals surface area (Å²) in [5, 5.41) is 15.7. The molecule has 20 heavy (non-hydrogen) atoms. The van der Waals surface area contributed by atoms with Gasteiger partial charge in [-0.2, -0.15) is 0 Å². The minimum absolute atomic E-state index is 0.0306. The second kappa shape index (κ2) is 9.81. The van der Waals surface area contributed by atoms with Crippen LogP contribution in [-0.2, 0) is 6.61 Å². The van der Waals surface area contributed by atoms with Crippen molar-refractivity contribution in [3.8, 4) is 5.75 Å². The van der Waals surface area contributed by atoms with Gasteiger partial charge in [-0.1, -0.05) is 24.8 Å². The number of aryl methyl sites for hydroxylation is 1. The normalized spacial score (nSPS) is 9.80. The zero-order valence-electron chi connectivity index (χ0n) is 12.4. The highest BCUT2D eigenvalue weighted by Crippen LogP contribution is 2.16. The van der Waals surface area contributed by atoms with E-state index in [-0.39, 0.29) is 12.4 Å².